The van der Waals surface area contributed by atoms with Crippen LogP contribution in [0.15, 0.2) is 42.7 Å². The van der Waals surface area contributed by atoms with Gasteiger partial charge in [-0.2, -0.15) is 0 Å². The highest BCUT2D eigenvalue weighted by Gasteiger charge is 2.12. The number of benzene rings is 1. The van der Waals surface area contributed by atoms with E-state index in [1.54, 1.807) is 12.1 Å². The number of pyridine rings is 1. The molecule has 0 spiro atoms. The lowest BCUT2D eigenvalue weighted by Crippen LogP contribution is -2.00. The molecular formula is C12H9F2NO. The molecule has 0 saturated carbocycles. The smallest absolute Gasteiger partial charge is 0.159 e. The number of halogens is 2. The van der Waals surface area contributed by atoms with Gasteiger partial charge in [0.2, 0.25) is 0 Å². The molecule has 1 N–H and O–H groups in total. The van der Waals surface area contributed by atoms with Gasteiger partial charge in [-0.15, -0.1) is 0 Å². The molecule has 1 unspecified atom stereocenters. The molecule has 1 aromatic heterocycles. The zero-order valence-corrected chi connectivity index (χ0v) is 8.27. The van der Waals surface area contributed by atoms with E-state index in [4.69, 9.17) is 0 Å². The highest BCUT2D eigenvalue weighted by Crippen LogP contribution is 2.22. The summed E-state index contributed by atoms with van der Waals surface area (Å²) >= 11 is 0. The minimum absolute atomic E-state index is 0.310. The van der Waals surface area contributed by atoms with Gasteiger partial charge >= 0.3 is 0 Å². The van der Waals surface area contributed by atoms with Crippen LogP contribution in [-0.2, 0) is 0 Å². The first-order chi connectivity index (χ1) is 7.68. The zero-order chi connectivity index (χ0) is 11.5. The molecule has 82 valence electrons. The van der Waals surface area contributed by atoms with Crippen LogP contribution in [0.5, 0.6) is 0 Å². The Morgan fingerprint density at radius 2 is 1.62 bits per heavy atom. The van der Waals surface area contributed by atoms with Gasteiger partial charge in [0, 0.05) is 12.4 Å². The summed E-state index contributed by atoms with van der Waals surface area (Å²) in [6, 6.07) is 6.57. The Bertz CT molecular complexity index is 488. The van der Waals surface area contributed by atoms with Gasteiger partial charge in [0.25, 0.3) is 0 Å². The third-order valence-corrected chi connectivity index (χ3v) is 2.28. The fourth-order valence-electron chi connectivity index (χ4n) is 1.42. The van der Waals surface area contributed by atoms with Crippen molar-refractivity contribution in [1.82, 2.24) is 4.98 Å². The predicted molar refractivity (Wildman–Crippen MR) is 54.7 cm³/mol. The maximum atomic E-state index is 13.0. The molecule has 0 amide bonds. The summed E-state index contributed by atoms with van der Waals surface area (Å²) in [5.74, 6) is -1.89. The van der Waals surface area contributed by atoms with Crippen molar-refractivity contribution in [3.05, 3.63) is 65.5 Å². The number of hydrogen-bond donors (Lipinski definition) is 1. The van der Waals surface area contributed by atoms with Gasteiger partial charge in [0.1, 0.15) is 6.10 Å². The second-order valence-corrected chi connectivity index (χ2v) is 3.36. The monoisotopic (exact) mass is 221 g/mol. The molecule has 0 saturated heterocycles. The van der Waals surface area contributed by atoms with Crippen molar-refractivity contribution in [3.8, 4) is 0 Å². The zero-order valence-electron chi connectivity index (χ0n) is 8.27. The summed E-state index contributed by atoms with van der Waals surface area (Å²) in [7, 11) is 0. The average Bonchev–Trinajstić information content (AvgIpc) is 2.33. The van der Waals surface area contributed by atoms with Crippen molar-refractivity contribution in [1.29, 1.82) is 0 Å². The maximum Gasteiger partial charge on any atom is 0.159 e. The third-order valence-electron chi connectivity index (χ3n) is 2.28. The quantitative estimate of drug-likeness (QED) is 0.844. The van der Waals surface area contributed by atoms with Crippen LogP contribution in [0.3, 0.4) is 0 Å². The summed E-state index contributed by atoms with van der Waals surface area (Å²) < 4.78 is 25.7. The van der Waals surface area contributed by atoms with Gasteiger partial charge in [-0.25, -0.2) is 8.78 Å². The molecule has 1 heterocycles. The molecule has 0 aliphatic rings. The van der Waals surface area contributed by atoms with Gasteiger partial charge in [-0.05, 0) is 35.4 Å². The van der Waals surface area contributed by atoms with Crippen LogP contribution in [0.4, 0.5) is 8.78 Å². The SMILES string of the molecule is OC(c1ccncc1)c1ccc(F)c(F)c1. The van der Waals surface area contributed by atoms with E-state index in [9.17, 15) is 13.9 Å². The Morgan fingerprint density at radius 3 is 2.25 bits per heavy atom. The van der Waals surface area contributed by atoms with Crippen LogP contribution in [0.25, 0.3) is 0 Å². The molecular weight excluding hydrogens is 212 g/mol. The molecule has 4 heteroatoms. The van der Waals surface area contributed by atoms with Gasteiger partial charge in [-0.1, -0.05) is 6.07 Å². The van der Waals surface area contributed by atoms with Crippen molar-refractivity contribution in [2.75, 3.05) is 0 Å². The average molecular weight is 221 g/mol. The van der Waals surface area contributed by atoms with Crippen molar-refractivity contribution in [3.63, 3.8) is 0 Å². The van der Waals surface area contributed by atoms with Crippen molar-refractivity contribution >= 4 is 0 Å². The van der Waals surface area contributed by atoms with E-state index < -0.39 is 17.7 Å². The Morgan fingerprint density at radius 1 is 0.938 bits per heavy atom. The van der Waals surface area contributed by atoms with E-state index in [1.807, 2.05) is 0 Å². The standard InChI is InChI=1S/C12H9F2NO/c13-10-2-1-9(7-11(10)14)12(16)8-3-5-15-6-4-8/h1-7,12,16H. The first-order valence-corrected chi connectivity index (χ1v) is 4.71. The summed E-state index contributed by atoms with van der Waals surface area (Å²) in [5, 5.41) is 9.89. The van der Waals surface area contributed by atoms with Crippen LogP contribution in [0.2, 0.25) is 0 Å². The molecule has 0 radical (unpaired) electrons. The molecule has 1 atom stereocenters. The molecule has 1 aromatic carbocycles. The highest BCUT2D eigenvalue weighted by molar-refractivity contribution is 5.29. The molecule has 0 fully saturated rings. The Kier molecular flexibility index (Phi) is 2.92. The number of rotatable bonds is 2. The van der Waals surface area contributed by atoms with Crippen LogP contribution in [-0.4, -0.2) is 10.1 Å². The van der Waals surface area contributed by atoms with Gasteiger partial charge < -0.3 is 5.11 Å². The van der Waals surface area contributed by atoms with E-state index in [2.05, 4.69) is 4.98 Å². The number of aromatic nitrogens is 1. The van der Waals surface area contributed by atoms with E-state index >= 15 is 0 Å². The van der Waals surface area contributed by atoms with E-state index in [1.165, 1.54) is 18.5 Å². The fraction of sp³-hybridized carbons (Fsp3) is 0.0833. The first kappa shape index (κ1) is 10.7. The van der Waals surface area contributed by atoms with Crippen LogP contribution >= 0.6 is 0 Å². The van der Waals surface area contributed by atoms with Gasteiger partial charge in [-0.3, -0.25) is 4.98 Å². The number of nitrogens with zero attached hydrogens (tertiary/aromatic N) is 1. The van der Waals surface area contributed by atoms with Gasteiger partial charge in [0.05, 0.1) is 0 Å². The Labute approximate surface area is 91.2 Å². The number of aliphatic hydroxyl groups is 1. The molecule has 0 bridgehead atoms. The lowest BCUT2D eigenvalue weighted by atomic mass is 10.0. The molecule has 0 aliphatic heterocycles. The third kappa shape index (κ3) is 2.06. The maximum absolute atomic E-state index is 13.0. The second kappa shape index (κ2) is 4.37. The Hall–Kier alpha value is -1.81. The van der Waals surface area contributed by atoms with Crippen molar-refractivity contribution in [2.24, 2.45) is 0 Å². The lowest BCUT2D eigenvalue weighted by molar-refractivity contribution is 0.219. The summed E-state index contributed by atoms with van der Waals surface area (Å²) in [5.41, 5.74) is 0.895. The molecule has 2 nitrogen and oxygen atoms in total. The summed E-state index contributed by atoms with van der Waals surface area (Å²) in [4.78, 5) is 3.81. The Balaban J connectivity index is 2.34. The highest BCUT2D eigenvalue weighted by atomic mass is 19.2. The molecule has 2 aromatic rings. The molecule has 2 rings (SSSR count). The normalized spacial score (nSPS) is 12.4. The van der Waals surface area contributed by atoms with Crippen molar-refractivity contribution < 1.29 is 13.9 Å². The van der Waals surface area contributed by atoms with Crippen LogP contribution in [0, 0.1) is 11.6 Å². The first-order valence-electron chi connectivity index (χ1n) is 4.71. The van der Waals surface area contributed by atoms with Crippen LogP contribution < -0.4 is 0 Å². The van der Waals surface area contributed by atoms with E-state index in [0.29, 0.717) is 11.1 Å². The van der Waals surface area contributed by atoms with Crippen LogP contribution in [0.1, 0.15) is 17.2 Å². The minimum atomic E-state index is -0.974. The van der Waals surface area contributed by atoms with E-state index in [0.717, 1.165) is 12.1 Å². The van der Waals surface area contributed by atoms with E-state index in [-0.39, 0.29) is 0 Å². The molecule has 16 heavy (non-hydrogen) atoms. The lowest BCUT2D eigenvalue weighted by Gasteiger charge is -2.11. The number of aliphatic hydroxyl groups excluding tert-OH is 1. The van der Waals surface area contributed by atoms with Gasteiger partial charge in [0.15, 0.2) is 11.6 Å². The molecule has 0 aliphatic carbocycles. The minimum Gasteiger partial charge on any atom is -0.384 e. The summed E-state index contributed by atoms with van der Waals surface area (Å²) in [6.45, 7) is 0. The predicted octanol–water partition coefficient (Wildman–Crippen LogP) is 2.44. The second-order valence-electron chi connectivity index (χ2n) is 3.36. The van der Waals surface area contributed by atoms with Crippen molar-refractivity contribution in [2.45, 2.75) is 6.10 Å². The fourth-order valence-corrected chi connectivity index (χ4v) is 1.42. The summed E-state index contributed by atoms with van der Waals surface area (Å²) in [6.07, 6.45) is 2.08. The number of hydrogen-bond acceptors (Lipinski definition) is 2. The largest absolute Gasteiger partial charge is 0.384 e. The topological polar surface area (TPSA) is 33.1 Å².